The maximum absolute atomic E-state index is 11.4. The van der Waals surface area contributed by atoms with E-state index >= 15 is 0 Å². The fourth-order valence-electron chi connectivity index (χ4n) is 7.95. The van der Waals surface area contributed by atoms with Crippen LogP contribution in [0.2, 0.25) is 0 Å². The lowest BCUT2D eigenvalue weighted by Crippen LogP contribution is -2.46. The average molecular weight is 481 g/mol. The van der Waals surface area contributed by atoms with Crippen LogP contribution in [0.3, 0.4) is 0 Å². The summed E-state index contributed by atoms with van der Waals surface area (Å²) in [5, 5.41) is 9.39. The number of carboxylic acids is 1. The van der Waals surface area contributed by atoms with E-state index in [0.29, 0.717) is 11.0 Å². The van der Waals surface area contributed by atoms with Crippen LogP contribution in [0.4, 0.5) is 0 Å². The summed E-state index contributed by atoms with van der Waals surface area (Å²) in [6.45, 7) is 2.14. The summed E-state index contributed by atoms with van der Waals surface area (Å²) in [5.74, 6) is 2.99. The van der Waals surface area contributed by atoms with Gasteiger partial charge in [-0.25, -0.2) is 9.78 Å². The highest BCUT2D eigenvalue weighted by Crippen LogP contribution is 2.61. The van der Waals surface area contributed by atoms with Gasteiger partial charge in [0.15, 0.2) is 0 Å². The number of carbonyl (C=O) groups is 1. The summed E-state index contributed by atoms with van der Waals surface area (Å²) in [5.41, 5.74) is 6.40. The zero-order chi connectivity index (χ0) is 24.9. The Bertz CT molecular complexity index is 1300. The zero-order valence-corrected chi connectivity index (χ0v) is 21.4. The summed E-state index contributed by atoms with van der Waals surface area (Å²) in [7, 11) is 2.11. The number of hydrogen-bond acceptors (Lipinski definition) is 2. The molecule has 1 heterocycles. The Kier molecular flexibility index (Phi) is 5.86. The van der Waals surface area contributed by atoms with Crippen molar-refractivity contribution < 1.29 is 9.90 Å². The molecule has 0 aliphatic heterocycles. The van der Waals surface area contributed by atoms with Gasteiger partial charge in [-0.3, -0.25) is 0 Å². The van der Waals surface area contributed by atoms with Crippen molar-refractivity contribution in [3.05, 3.63) is 76.6 Å². The molecule has 4 saturated carbocycles. The first-order valence-corrected chi connectivity index (χ1v) is 13.5. The summed E-state index contributed by atoms with van der Waals surface area (Å²) in [6.07, 6.45) is 15.1. The normalized spacial score (nSPS) is 26.7. The molecule has 3 aromatic rings. The highest BCUT2D eigenvalue weighted by molar-refractivity contribution is 5.88. The molecule has 4 fully saturated rings. The molecule has 4 heteroatoms. The van der Waals surface area contributed by atoms with Gasteiger partial charge in [0.2, 0.25) is 0 Å². The molecule has 0 saturated heterocycles. The fraction of sp³-hybridized carbons (Fsp3) is 0.438. The molecule has 4 aliphatic carbocycles. The van der Waals surface area contributed by atoms with Gasteiger partial charge < -0.3 is 9.67 Å². The van der Waals surface area contributed by atoms with Gasteiger partial charge in [0, 0.05) is 12.6 Å². The van der Waals surface area contributed by atoms with E-state index < -0.39 is 5.97 Å². The SMILES string of the molecule is Cc1ccccc1-c1nc(CCC23CC4CC(CC(C4)C2)C3)c(C=Cc2cccc(C(=O)O)c2)n1C. The standard InChI is InChI=1S/C32H36N2O2/c1-21-6-3-4-9-27(21)30-33-28(12-13-32-18-23-14-24(19-32)16-25(15-23)20-32)29(34(30)2)11-10-22-7-5-8-26(17-22)31(35)36/h3-11,17,23-25H,12-16,18-20H2,1-2H3,(H,35,36). The topological polar surface area (TPSA) is 55.1 Å². The number of aryl methyl sites for hydroxylation is 2. The van der Waals surface area contributed by atoms with E-state index in [0.717, 1.165) is 47.0 Å². The Morgan fingerprint density at radius 2 is 1.72 bits per heavy atom. The third kappa shape index (κ3) is 4.31. The van der Waals surface area contributed by atoms with E-state index in [9.17, 15) is 9.90 Å². The van der Waals surface area contributed by atoms with Gasteiger partial charge >= 0.3 is 5.97 Å². The zero-order valence-electron chi connectivity index (χ0n) is 21.4. The molecule has 36 heavy (non-hydrogen) atoms. The van der Waals surface area contributed by atoms with Crippen LogP contribution in [0, 0.1) is 30.1 Å². The van der Waals surface area contributed by atoms with E-state index in [1.54, 1.807) is 18.2 Å². The van der Waals surface area contributed by atoms with Crippen molar-refractivity contribution in [2.24, 2.45) is 30.2 Å². The van der Waals surface area contributed by atoms with Gasteiger partial charge in [-0.1, -0.05) is 42.5 Å². The molecule has 2 aromatic carbocycles. The molecule has 7 rings (SSSR count). The first-order chi connectivity index (χ1) is 17.4. The molecule has 0 radical (unpaired) electrons. The highest BCUT2D eigenvalue weighted by atomic mass is 16.4. The van der Waals surface area contributed by atoms with E-state index in [1.165, 1.54) is 56.1 Å². The van der Waals surface area contributed by atoms with Crippen molar-refractivity contribution in [3.8, 4) is 11.4 Å². The largest absolute Gasteiger partial charge is 0.478 e. The molecule has 0 spiro atoms. The molecule has 186 valence electrons. The number of carboxylic acid groups (broad SMARTS) is 1. The summed E-state index contributed by atoms with van der Waals surface area (Å²) in [6, 6.07) is 15.6. The van der Waals surface area contributed by atoms with Crippen molar-refractivity contribution in [2.45, 2.75) is 58.3 Å². The number of aromatic carboxylic acids is 1. The van der Waals surface area contributed by atoms with Gasteiger partial charge in [-0.2, -0.15) is 0 Å². The Labute approximate surface area is 214 Å². The van der Waals surface area contributed by atoms with Crippen molar-refractivity contribution in [1.29, 1.82) is 0 Å². The molecule has 1 N–H and O–H groups in total. The van der Waals surface area contributed by atoms with E-state index in [1.807, 2.05) is 12.1 Å². The van der Waals surface area contributed by atoms with Crippen LogP contribution in [0.5, 0.6) is 0 Å². The maximum atomic E-state index is 11.4. The smallest absolute Gasteiger partial charge is 0.335 e. The highest BCUT2D eigenvalue weighted by Gasteiger charge is 2.50. The average Bonchev–Trinajstić information content (AvgIpc) is 3.16. The summed E-state index contributed by atoms with van der Waals surface area (Å²) >= 11 is 0. The lowest BCUT2D eigenvalue weighted by atomic mass is 9.48. The number of imidazole rings is 1. The summed E-state index contributed by atoms with van der Waals surface area (Å²) in [4.78, 5) is 16.7. The van der Waals surface area contributed by atoms with E-state index in [4.69, 9.17) is 4.98 Å². The van der Waals surface area contributed by atoms with Gasteiger partial charge in [0.05, 0.1) is 17.0 Å². The molecule has 4 bridgehead atoms. The van der Waals surface area contributed by atoms with E-state index in [2.05, 4.69) is 48.9 Å². The van der Waals surface area contributed by atoms with Crippen LogP contribution in [0.25, 0.3) is 23.5 Å². The molecule has 0 atom stereocenters. The number of nitrogens with zero attached hydrogens (tertiary/aromatic N) is 2. The van der Waals surface area contributed by atoms with Gasteiger partial charge in [-0.15, -0.1) is 0 Å². The van der Waals surface area contributed by atoms with Crippen molar-refractivity contribution in [1.82, 2.24) is 9.55 Å². The second-order valence-electron chi connectivity index (χ2n) is 11.8. The van der Waals surface area contributed by atoms with Crippen LogP contribution in [0.1, 0.15) is 77.8 Å². The van der Waals surface area contributed by atoms with Gasteiger partial charge in [-0.05, 0) is 111 Å². The van der Waals surface area contributed by atoms with Crippen LogP contribution in [0.15, 0.2) is 48.5 Å². The molecule has 4 aliphatic rings. The quantitative estimate of drug-likeness (QED) is 0.383. The fourth-order valence-corrected chi connectivity index (χ4v) is 7.95. The summed E-state index contributed by atoms with van der Waals surface area (Å²) < 4.78 is 2.22. The molecule has 0 unspecified atom stereocenters. The molecule has 0 amide bonds. The number of aromatic nitrogens is 2. The Hall–Kier alpha value is -3.14. The van der Waals surface area contributed by atoms with Crippen molar-refractivity contribution in [3.63, 3.8) is 0 Å². The lowest BCUT2D eigenvalue weighted by molar-refractivity contribution is -0.0570. The maximum Gasteiger partial charge on any atom is 0.335 e. The molecular formula is C32H36N2O2. The predicted molar refractivity (Wildman–Crippen MR) is 145 cm³/mol. The minimum Gasteiger partial charge on any atom is -0.478 e. The number of rotatable bonds is 7. The lowest BCUT2D eigenvalue weighted by Gasteiger charge is -2.57. The Morgan fingerprint density at radius 3 is 2.39 bits per heavy atom. The Balaban J connectivity index is 1.33. The molecule has 1 aromatic heterocycles. The monoisotopic (exact) mass is 480 g/mol. The van der Waals surface area contributed by atoms with Crippen LogP contribution in [-0.4, -0.2) is 20.6 Å². The first kappa shape index (κ1) is 23.3. The van der Waals surface area contributed by atoms with Crippen LogP contribution < -0.4 is 0 Å². The predicted octanol–water partition coefficient (Wildman–Crippen LogP) is 7.41. The van der Waals surface area contributed by atoms with Crippen molar-refractivity contribution >= 4 is 18.1 Å². The molecular weight excluding hydrogens is 444 g/mol. The third-order valence-electron chi connectivity index (χ3n) is 9.23. The number of benzene rings is 2. The second kappa shape index (κ2) is 9.06. The minimum atomic E-state index is -0.899. The van der Waals surface area contributed by atoms with Crippen LogP contribution in [-0.2, 0) is 13.5 Å². The minimum absolute atomic E-state index is 0.310. The second-order valence-corrected chi connectivity index (χ2v) is 11.8. The van der Waals surface area contributed by atoms with Gasteiger partial charge in [0.25, 0.3) is 0 Å². The van der Waals surface area contributed by atoms with Crippen LogP contribution >= 0.6 is 0 Å². The third-order valence-corrected chi connectivity index (χ3v) is 9.23. The van der Waals surface area contributed by atoms with Gasteiger partial charge in [0.1, 0.15) is 5.82 Å². The Morgan fingerprint density at radius 1 is 1.03 bits per heavy atom. The van der Waals surface area contributed by atoms with E-state index in [-0.39, 0.29) is 0 Å². The van der Waals surface area contributed by atoms with Crippen molar-refractivity contribution in [2.75, 3.05) is 0 Å². The number of hydrogen-bond donors (Lipinski definition) is 1. The first-order valence-electron chi connectivity index (χ1n) is 13.5. The molecule has 4 nitrogen and oxygen atoms in total.